The van der Waals surface area contributed by atoms with Gasteiger partial charge >= 0.3 is 19.3 Å². The van der Waals surface area contributed by atoms with Crippen molar-refractivity contribution < 1.29 is 48.1 Å². The zero-order valence-corrected chi connectivity index (χ0v) is 37.4. The zero-order chi connectivity index (χ0) is 43.9. The average molecular weight is 894 g/mol. The number of hydrogen-bond acceptors (Lipinski definition) is 12. The molecular formula is C44H58BBrN4O10. The van der Waals surface area contributed by atoms with Crippen molar-refractivity contribution in [3.63, 3.8) is 0 Å². The summed E-state index contributed by atoms with van der Waals surface area (Å²) in [5.74, 6) is 2.49. The van der Waals surface area contributed by atoms with Crippen LogP contribution in [0.15, 0.2) is 89.7 Å². The molecule has 2 amide bonds. The fourth-order valence-electron chi connectivity index (χ4n) is 6.16. The van der Waals surface area contributed by atoms with Gasteiger partial charge in [-0.1, -0.05) is 52.3 Å². The molecule has 2 aliphatic rings. The molecule has 16 heteroatoms. The summed E-state index contributed by atoms with van der Waals surface area (Å²) >= 11 is 3.39. The van der Waals surface area contributed by atoms with Crippen LogP contribution in [-0.4, -0.2) is 113 Å². The van der Waals surface area contributed by atoms with E-state index in [0.717, 1.165) is 47.0 Å². The van der Waals surface area contributed by atoms with Gasteiger partial charge in [0.2, 0.25) is 11.8 Å². The Bertz CT molecular complexity index is 1960. The molecule has 0 unspecified atom stereocenters. The van der Waals surface area contributed by atoms with Gasteiger partial charge < -0.3 is 48.3 Å². The molecule has 4 aromatic rings. The predicted molar refractivity (Wildman–Crippen MR) is 234 cm³/mol. The second-order valence-corrected chi connectivity index (χ2v) is 17.0. The minimum atomic E-state index is -1.47. The Morgan fingerprint density at radius 2 is 1.12 bits per heavy atom. The average Bonchev–Trinajstić information content (AvgIpc) is 3.20. The highest BCUT2D eigenvalue weighted by atomic mass is 79.9. The molecule has 14 nitrogen and oxygen atoms in total. The second-order valence-electron chi connectivity index (χ2n) is 16.1. The van der Waals surface area contributed by atoms with E-state index in [4.69, 9.17) is 38.5 Å². The number of likely N-dealkylation sites (tertiary alicyclic amines) is 2. The van der Waals surface area contributed by atoms with Crippen molar-refractivity contribution in [3.8, 4) is 34.4 Å². The van der Waals surface area contributed by atoms with Crippen LogP contribution in [0.5, 0.6) is 23.3 Å². The molecule has 0 saturated carbocycles. The van der Waals surface area contributed by atoms with Gasteiger partial charge in [-0.15, -0.1) is 0 Å². The maximum Gasteiger partial charge on any atom is 0.492 e. The lowest BCUT2D eigenvalue weighted by atomic mass is 9.80. The van der Waals surface area contributed by atoms with E-state index in [2.05, 4.69) is 25.9 Å². The Labute approximate surface area is 362 Å². The van der Waals surface area contributed by atoms with Crippen LogP contribution >= 0.6 is 15.9 Å². The number of amides is 2. The molecule has 2 N–H and O–H groups in total. The first-order valence-corrected chi connectivity index (χ1v) is 20.7. The first kappa shape index (κ1) is 47.6. The summed E-state index contributed by atoms with van der Waals surface area (Å²) in [7, 11) is 1.68. The van der Waals surface area contributed by atoms with E-state index in [1.807, 2.05) is 90.1 Å². The maximum atomic E-state index is 12.2. The summed E-state index contributed by atoms with van der Waals surface area (Å²) in [6, 6.07) is 22.2. The molecule has 2 aromatic carbocycles. The molecule has 0 radical (unpaired) electrons. The molecule has 0 bridgehead atoms. The van der Waals surface area contributed by atoms with E-state index in [1.54, 1.807) is 53.6 Å². The van der Waals surface area contributed by atoms with Crippen LogP contribution in [0.2, 0.25) is 0 Å². The van der Waals surface area contributed by atoms with Crippen LogP contribution < -0.4 is 24.4 Å². The lowest BCUT2D eigenvalue weighted by Gasteiger charge is -2.33. The number of pyridine rings is 2. The molecule has 2 saturated heterocycles. The topological polar surface area (TPSA) is 162 Å². The lowest BCUT2D eigenvalue weighted by molar-refractivity contribution is 0.0111. The van der Waals surface area contributed by atoms with E-state index in [0.29, 0.717) is 49.2 Å². The predicted octanol–water partition coefficient (Wildman–Crippen LogP) is 7.53. The van der Waals surface area contributed by atoms with Gasteiger partial charge in [0.25, 0.3) is 0 Å². The number of piperidine rings is 2. The number of para-hydroxylation sites is 2. The van der Waals surface area contributed by atoms with Crippen molar-refractivity contribution in [2.75, 3.05) is 40.4 Å². The minimum absolute atomic E-state index is 0.0269. The van der Waals surface area contributed by atoms with Crippen molar-refractivity contribution in [1.29, 1.82) is 0 Å². The van der Waals surface area contributed by atoms with E-state index in [1.165, 1.54) is 7.11 Å². The smallest absolute Gasteiger partial charge is 0.492 e. The van der Waals surface area contributed by atoms with Crippen molar-refractivity contribution in [2.24, 2.45) is 0 Å². The number of aromatic nitrogens is 2. The molecule has 0 aliphatic carbocycles. The lowest BCUT2D eigenvalue weighted by Crippen LogP contribution is -2.44. The molecular weight excluding hydrogens is 835 g/mol. The number of carbonyl (C=O) groups excluding carboxylic acids is 2. The van der Waals surface area contributed by atoms with E-state index in [-0.39, 0.29) is 24.4 Å². The third kappa shape index (κ3) is 15.8. The van der Waals surface area contributed by atoms with Crippen LogP contribution in [0.3, 0.4) is 0 Å². The molecule has 6 rings (SSSR count). The van der Waals surface area contributed by atoms with Gasteiger partial charge in [-0.2, -0.15) is 0 Å². The van der Waals surface area contributed by atoms with Gasteiger partial charge in [-0.25, -0.2) is 19.6 Å². The molecule has 2 aliphatic heterocycles. The number of benzene rings is 2. The standard InChI is InChI=1S/C22H28N2O4.C15H21BrN2O3.C7H9BO3/c1-22(2,3)28-21(25)24-13-10-17(11-14-24)27-20-15-16(9-12-23-20)18-7-5-6-8-19(18)26-4;1-15(2,3)21-14(19)18-8-5-12(6-9-18)20-13-10-11(16)4-7-17-13;1-11-7-5-3-2-4-6(7)8(9)10/h5-9,12,15,17H,10-11,13-14H2,1-4H3;4,7,10,12H,5-6,8-9H2,1-3H3;2-5,9-10H,1H3. The van der Waals surface area contributed by atoms with Crippen molar-refractivity contribution >= 4 is 40.7 Å². The fraction of sp³-hybridized carbons (Fsp3) is 0.455. The highest BCUT2D eigenvalue weighted by Gasteiger charge is 2.29. The summed E-state index contributed by atoms with van der Waals surface area (Å²) in [5.41, 5.74) is 1.44. The zero-order valence-electron chi connectivity index (χ0n) is 35.8. The number of halogens is 1. The highest BCUT2D eigenvalue weighted by molar-refractivity contribution is 9.10. The SMILES string of the molecule is CC(C)(C)OC(=O)N1CCC(Oc2cc(Br)ccn2)CC1.COc1ccccc1-c1ccnc(OC2CCN(C(=O)OC(C)(C)C)CC2)c1.COc1ccccc1B(O)O. The molecule has 2 aromatic heterocycles. The summed E-state index contributed by atoms with van der Waals surface area (Å²) < 4.78 is 34.0. The molecule has 60 heavy (non-hydrogen) atoms. The van der Waals surface area contributed by atoms with Gasteiger partial charge in [0.1, 0.15) is 34.9 Å². The largest absolute Gasteiger partial charge is 0.497 e. The van der Waals surface area contributed by atoms with Gasteiger partial charge in [-0.05, 0) is 71.4 Å². The van der Waals surface area contributed by atoms with Gasteiger partial charge in [0.15, 0.2) is 0 Å². The van der Waals surface area contributed by atoms with Crippen molar-refractivity contribution in [1.82, 2.24) is 19.8 Å². The van der Waals surface area contributed by atoms with Crippen LogP contribution in [0, 0.1) is 0 Å². The van der Waals surface area contributed by atoms with Crippen LogP contribution in [0.4, 0.5) is 9.59 Å². The molecule has 324 valence electrons. The number of hydrogen-bond donors (Lipinski definition) is 2. The summed E-state index contributed by atoms with van der Waals surface area (Å²) in [6.45, 7) is 13.8. The van der Waals surface area contributed by atoms with Crippen molar-refractivity contribution in [3.05, 3.63) is 89.7 Å². The van der Waals surface area contributed by atoms with Crippen LogP contribution in [-0.2, 0) is 9.47 Å². The van der Waals surface area contributed by atoms with Gasteiger partial charge in [-0.3, -0.25) is 0 Å². The first-order valence-electron chi connectivity index (χ1n) is 19.9. The molecule has 0 atom stereocenters. The summed E-state index contributed by atoms with van der Waals surface area (Å²) in [4.78, 5) is 36.2. The number of carbonyl (C=O) groups is 2. The van der Waals surface area contributed by atoms with Crippen LogP contribution in [0.25, 0.3) is 11.1 Å². The quantitative estimate of drug-likeness (QED) is 0.168. The number of nitrogens with zero attached hydrogens (tertiary/aromatic N) is 4. The molecule has 0 spiro atoms. The van der Waals surface area contributed by atoms with Gasteiger partial charge in [0.05, 0.1) is 14.2 Å². The minimum Gasteiger partial charge on any atom is -0.497 e. The van der Waals surface area contributed by atoms with E-state index in [9.17, 15) is 9.59 Å². The Morgan fingerprint density at radius 3 is 1.57 bits per heavy atom. The Kier molecular flexibility index (Phi) is 17.9. The molecule has 4 heterocycles. The Morgan fingerprint density at radius 1 is 0.667 bits per heavy atom. The Balaban J connectivity index is 0.000000217. The summed E-state index contributed by atoms with van der Waals surface area (Å²) in [5, 5.41) is 17.6. The van der Waals surface area contributed by atoms with Crippen molar-refractivity contribution in [2.45, 2.75) is 90.6 Å². The first-order chi connectivity index (χ1) is 28.4. The third-order valence-electron chi connectivity index (χ3n) is 9.03. The number of methoxy groups -OCH3 is 2. The Hall–Kier alpha value is -5.06. The fourth-order valence-corrected chi connectivity index (χ4v) is 6.47. The van der Waals surface area contributed by atoms with Gasteiger partial charge in [0, 0.05) is 91.9 Å². The monoisotopic (exact) mass is 892 g/mol. The van der Waals surface area contributed by atoms with E-state index >= 15 is 0 Å². The number of ether oxygens (including phenoxy) is 6. The number of rotatable bonds is 8. The third-order valence-corrected chi connectivity index (χ3v) is 9.52. The van der Waals surface area contributed by atoms with E-state index < -0.39 is 18.3 Å². The normalized spacial score (nSPS) is 14.7. The highest BCUT2D eigenvalue weighted by Crippen LogP contribution is 2.31. The second kappa shape index (κ2) is 22.5. The van der Waals surface area contributed by atoms with Crippen LogP contribution in [0.1, 0.15) is 67.2 Å². The summed E-state index contributed by atoms with van der Waals surface area (Å²) in [6.07, 6.45) is 6.12. The maximum absolute atomic E-state index is 12.2. The molecule has 2 fully saturated rings.